The number of nitrogens with zero attached hydrogens (tertiary/aromatic N) is 3. The van der Waals surface area contributed by atoms with Crippen LogP contribution in [0, 0.1) is 0 Å². The van der Waals surface area contributed by atoms with Crippen molar-refractivity contribution in [2.75, 3.05) is 16.8 Å². The van der Waals surface area contributed by atoms with E-state index in [0.717, 1.165) is 30.2 Å². The number of aromatic nitrogens is 2. The molecule has 0 radical (unpaired) electrons. The second-order valence-corrected chi connectivity index (χ2v) is 6.56. The maximum atomic E-state index is 5.87. The number of hydrogen-bond donors (Lipinski definition) is 1. The molecule has 2 aromatic carbocycles. The standard InChI is InChI=1S/C21H22N4O/c1-15(2)26-19-10-6-4-8-17(19)23-21-22-13-11-20(24-21)25-14-12-16-7-3-5-9-18(16)25/h3-11,13,15H,12,14H2,1-2H3,(H,22,23,24). The number of rotatable bonds is 5. The third-order valence-corrected chi connectivity index (χ3v) is 4.30. The summed E-state index contributed by atoms with van der Waals surface area (Å²) >= 11 is 0. The van der Waals surface area contributed by atoms with Gasteiger partial charge in [-0.15, -0.1) is 0 Å². The minimum absolute atomic E-state index is 0.103. The average Bonchev–Trinajstić information content (AvgIpc) is 3.07. The van der Waals surface area contributed by atoms with Gasteiger partial charge in [0.1, 0.15) is 11.6 Å². The third kappa shape index (κ3) is 3.33. The van der Waals surface area contributed by atoms with E-state index in [4.69, 9.17) is 9.72 Å². The third-order valence-electron chi connectivity index (χ3n) is 4.30. The Kier molecular flexibility index (Phi) is 4.44. The van der Waals surface area contributed by atoms with Crippen LogP contribution in [0.3, 0.4) is 0 Å². The van der Waals surface area contributed by atoms with Gasteiger partial charge < -0.3 is 15.0 Å². The quantitative estimate of drug-likeness (QED) is 0.725. The second-order valence-electron chi connectivity index (χ2n) is 6.56. The first-order chi connectivity index (χ1) is 12.7. The molecule has 0 fully saturated rings. The van der Waals surface area contributed by atoms with Crippen LogP contribution in [0.15, 0.2) is 60.8 Å². The predicted molar refractivity (Wildman–Crippen MR) is 105 cm³/mol. The summed E-state index contributed by atoms with van der Waals surface area (Å²) in [6.45, 7) is 4.96. The molecule has 0 aliphatic carbocycles. The predicted octanol–water partition coefficient (Wildman–Crippen LogP) is 4.70. The van der Waals surface area contributed by atoms with Crippen molar-refractivity contribution in [2.24, 2.45) is 0 Å². The highest BCUT2D eigenvalue weighted by Crippen LogP contribution is 2.34. The molecule has 1 aliphatic heterocycles. The van der Waals surface area contributed by atoms with Crippen molar-refractivity contribution in [1.29, 1.82) is 0 Å². The Morgan fingerprint density at radius 1 is 1.04 bits per heavy atom. The van der Waals surface area contributed by atoms with Gasteiger partial charge in [0.25, 0.3) is 0 Å². The zero-order valence-electron chi connectivity index (χ0n) is 15.0. The molecular formula is C21H22N4O. The van der Waals surface area contributed by atoms with E-state index in [1.807, 2.05) is 44.2 Å². The van der Waals surface area contributed by atoms with Gasteiger partial charge in [-0.1, -0.05) is 30.3 Å². The lowest BCUT2D eigenvalue weighted by Crippen LogP contribution is -2.15. The molecule has 26 heavy (non-hydrogen) atoms. The number of benzene rings is 2. The normalized spacial score (nSPS) is 13.0. The fraction of sp³-hybridized carbons (Fsp3) is 0.238. The number of ether oxygens (including phenoxy) is 1. The summed E-state index contributed by atoms with van der Waals surface area (Å²) in [5.74, 6) is 2.25. The van der Waals surface area contributed by atoms with Crippen LogP contribution in [0.2, 0.25) is 0 Å². The Labute approximate surface area is 153 Å². The van der Waals surface area contributed by atoms with E-state index in [1.165, 1.54) is 11.3 Å². The molecule has 0 bridgehead atoms. The molecule has 0 atom stereocenters. The van der Waals surface area contributed by atoms with Gasteiger partial charge in [-0.3, -0.25) is 0 Å². The largest absolute Gasteiger partial charge is 0.489 e. The summed E-state index contributed by atoms with van der Waals surface area (Å²) < 4.78 is 5.87. The van der Waals surface area contributed by atoms with Crippen LogP contribution in [-0.4, -0.2) is 22.6 Å². The second kappa shape index (κ2) is 7.04. The Hall–Kier alpha value is -3.08. The molecule has 0 amide bonds. The van der Waals surface area contributed by atoms with Crippen molar-refractivity contribution in [1.82, 2.24) is 9.97 Å². The van der Waals surface area contributed by atoms with E-state index >= 15 is 0 Å². The van der Waals surface area contributed by atoms with Crippen molar-refractivity contribution in [3.8, 4) is 5.75 Å². The molecule has 0 unspecified atom stereocenters. The number of fused-ring (bicyclic) bond motifs is 1. The lowest BCUT2D eigenvalue weighted by molar-refractivity contribution is 0.244. The van der Waals surface area contributed by atoms with E-state index in [9.17, 15) is 0 Å². The van der Waals surface area contributed by atoms with Crippen molar-refractivity contribution >= 4 is 23.1 Å². The Balaban J connectivity index is 1.60. The summed E-state index contributed by atoms with van der Waals surface area (Å²) in [6.07, 6.45) is 2.93. The molecule has 2 heterocycles. The minimum atomic E-state index is 0.103. The highest BCUT2D eigenvalue weighted by Gasteiger charge is 2.21. The maximum Gasteiger partial charge on any atom is 0.229 e. The van der Waals surface area contributed by atoms with Gasteiger partial charge >= 0.3 is 0 Å². The molecule has 5 nitrogen and oxygen atoms in total. The van der Waals surface area contributed by atoms with E-state index < -0.39 is 0 Å². The molecule has 0 spiro atoms. The fourth-order valence-corrected chi connectivity index (χ4v) is 3.18. The summed E-state index contributed by atoms with van der Waals surface area (Å²) in [5, 5.41) is 3.29. The van der Waals surface area contributed by atoms with Crippen molar-refractivity contribution in [3.63, 3.8) is 0 Å². The summed E-state index contributed by atoms with van der Waals surface area (Å²) in [5.41, 5.74) is 3.44. The van der Waals surface area contributed by atoms with Gasteiger partial charge in [0.15, 0.2) is 0 Å². The van der Waals surface area contributed by atoms with Crippen LogP contribution in [0.5, 0.6) is 5.75 Å². The van der Waals surface area contributed by atoms with Crippen LogP contribution < -0.4 is 15.0 Å². The molecular weight excluding hydrogens is 324 g/mol. The van der Waals surface area contributed by atoms with Gasteiger partial charge in [0.05, 0.1) is 11.8 Å². The summed E-state index contributed by atoms with van der Waals surface area (Å²) in [7, 11) is 0. The Bertz CT molecular complexity index is 910. The minimum Gasteiger partial charge on any atom is -0.489 e. The SMILES string of the molecule is CC(C)Oc1ccccc1Nc1nccc(N2CCc3ccccc32)n1. The molecule has 132 valence electrons. The first kappa shape index (κ1) is 16.4. The van der Waals surface area contributed by atoms with Gasteiger partial charge in [0.2, 0.25) is 5.95 Å². The highest BCUT2D eigenvalue weighted by molar-refractivity contribution is 5.69. The lowest BCUT2D eigenvalue weighted by Gasteiger charge is -2.19. The molecule has 0 saturated heterocycles. The molecule has 1 N–H and O–H groups in total. The number of para-hydroxylation sites is 3. The van der Waals surface area contributed by atoms with E-state index in [-0.39, 0.29) is 6.10 Å². The van der Waals surface area contributed by atoms with Crippen LogP contribution >= 0.6 is 0 Å². The first-order valence-electron chi connectivity index (χ1n) is 8.92. The fourth-order valence-electron chi connectivity index (χ4n) is 3.18. The maximum absolute atomic E-state index is 5.87. The number of nitrogens with one attached hydrogen (secondary N) is 1. The lowest BCUT2D eigenvalue weighted by atomic mass is 10.2. The van der Waals surface area contributed by atoms with E-state index in [2.05, 4.69) is 39.5 Å². The smallest absolute Gasteiger partial charge is 0.229 e. The van der Waals surface area contributed by atoms with Gasteiger partial charge in [-0.25, -0.2) is 4.98 Å². The highest BCUT2D eigenvalue weighted by atomic mass is 16.5. The number of anilines is 4. The number of hydrogen-bond acceptors (Lipinski definition) is 5. The molecule has 1 aromatic heterocycles. The van der Waals surface area contributed by atoms with Crippen LogP contribution in [0.25, 0.3) is 0 Å². The van der Waals surface area contributed by atoms with Gasteiger partial charge in [-0.05, 0) is 50.1 Å². The summed E-state index contributed by atoms with van der Waals surface area (Å²) in [4.78, 5) is 11.3. The van der Waals surface area contributed by atoms with Gasteiger partial charge in [-0.2, -0.15) is 4.98 Å². The van der Waals surface area contributed by atoms with Crippen molar-refractivity contribution < 1.29 is 4.74 Å². The van der Waals surface area contributed by atoms with Crippen LogP contribution in [0.1, 0.15) is 19.4 Å². The van der Waals surface area contributed by atoms with Gasteiger partial charge in [0, 0.05) is 18.4 Å². The molecule has 1 aliphatic rings. The first-order valence-corrected chi connectivity index (χ1v) is 8.92. The van der Waals surface area contributed by atoms with Crippen molar-refractivity contribution in [2.45, 2.75) is 26.4 Å². The van der Waals surface area contributed by atoms with Crippen LogP contribution in [0.4, 0.5) is 23.1 Å². The summed E-state index contributed by atoms with van der Waals surface area (Å²) in [6, 6.07) is 18.3. The zero-order chi connectivity index (χ0) is 17.9. The monoisotopic (exact) mass is 346 g/mol. The topological polar surface area (TPSA) is 50.3 Å². The molecule has 4 rings (SSSR count). The Morgan fingerprint density at radius 2 is 1.85 bits per heavy atom. The zero-order valence-corrected chi connectivity index (χ0v) is 15.0. The van der Waals surface area contributed by atoms with E-state index in [1.54, 1.807) is 6.20 Å². The van der Waals surface area contributed by atoms with Crippen molar-refractivity contribution in [3.05, 3.63) is 66.4 Å². The van der Waals surface area contributed by atoms with E-state index in [0.29, 0.717) is 5.95 Å². The average molecular weight is 346 g/mol. The molecule has 5 heteroatoms. The molecule has 0 saturated carbocycles. The molecule has 3 aromatic rings. The Morgan fingerprint density at radius 3 is 2.73 bits per heavy atom. The van der Waals surface area contributed by atoms with Crippen LogP contribution in [-0.2, 0) is 6.42 Å².